The largest absolute Gasteiger partial charge is 0.497 e. The fourth-order valence-corrected chi connectivity index (χ4v) is 1.55. The number of carbonyl (C=O) groups excluding carboxylic acids is 1. The SMILES string of the molecule is COc1ccc(/C=C/C(=O)N/N=C\c2cccnc2)cc1. The van der Waals surface area contributed by atoms with Crippen LogP contribution in [0.4, 0.5) is 0 Å². The lowest BCUT2D eigenvalue weighted by Crippen LogP contribution is -2.14. The van der Waals surface area contributed by atoms with Crippen molar-refractivity contribution in [3.05, 3.63) is 66.0 Å². The number of carbonyl (C=O) groups is 1. The van der Waals surface area contributed by atoms with Crippen molar-refractivity contribution in [1.29, 1.82) is 0 Å². The fourth-order valence-electron chi connectivity index (χ4n) is 1.55. The summed E-state index contributed by atoms with van der Waals surface area (Å²) in [6, 6.07) is 11.0. The number of hydrazone groups is 1. The molecule has 0 bridgehead atoms. The van der Waals surface area contributed by atoms with Gasteiger partial charge in [-0.15, -0.1) is 0 Å². The summed E-state index contributed by atoms with van der Waals surface area (Å²) in [5.41, 5.74) is 4.14. The number of pyridine rings is 1. The van der Waals surface area contributed by atoms with Crippen LogP contribution in [0.3, 0.4) is 0 Å². The molecule has 0 aliphatic carbocycles. The normalized spacial score (nSPS) is 10.9. The molecule has 1 aromatic carbocycles. The van der Waals surface area contributed by atoms with Crippen LogP contribution in [0.5, 0.6) is 5.75 Å². The summed E-state index contributed by atoms with van der Waals surface area (Å²) in [5, 5.41) is 3.85. The summed E-state index contributed by atoms with van der Waals surface area (Å²) in [6.45, 7) is 0. The number of aromatic nitrogens is 1. The lowest BCUT2D eigenvalue weighted by atomic mass is 10.2. The van der Waals surface area contributed by atoms with Crippen LogP contribution in [-0.2, 0) is 4.79 Å². The van der Waals surface area contributed by atoms with E-state index in [0.29, 0.717) is 0 Å². The first kappa shape index (κ1) is 14.5. The molecule has 0 unspecified atom stereocenters. The van der Waals surface area contributed by atoms with E-state index in [0.717, 1.165) is 16.9 Å². The van der Waals surface area contributed by atoms with Crippen LogP contribution < -0.4 is 10.2 Å². The zero-order chi connectivity index (χ0) is 14.9. The molecular weight excluding hydrogens is 266 g/mol. The van der Waals surface area contributed by atoms with E-state index in [4.69, 9.17) is 4.74 Å². The molecule has 5 heteroatoms. The second-order valence-corrected chi connectivity index (χ2v) is 4.13. The van der Waals surface area contributed by atoms with E-state index in [2.05, 4.69) is 15.5 Å². The minimum atomic E-state index is -0.300. The molecule has 106 valence electrons. The van der Waals surface area contributed by atoms with E-state index in [9.17, 15) is 4.79 Å². The van der Waals surface area contributed by atoms with Crippen LogP contribution in [0.2, 0.25) is 0 Å². The maximum absolute atomic E-state index is 11.6. The number of benzene rings is 1. The number of hydrogen-bond donors (Lipinski definition) is 1. The van der Waals surface area contributed by atoms with Gasteiger partial charge in [0.05, 0.1) is 13.3 Å². The Kier molecular flexibility index (Phi) is 5.23. The third-order valence-electron chi connectivity index (χ3n) is 2.62. The number of methoxy groups -OCH3 is 1. The summed E-state index contributed by atoms with van der Waals surface area (Å²) < 4.78 is 5.06. The lowest BCUT2D eigenvalue weighted by Gasteiger charge is -1.99. The third-order valence-corrected chi connectivity index (χ3v) is 2.62. The summed E-state index contributed by atoms with van der Waals surface area (Å²) in [5.74, 6) is 0.476. The van der Waals surface area contributed by atoms with Crippen molar-refractivity contribution in [3.63, 3.8) is 0 Å². The van der Waals surface area contributed by atoms with Crippen molar-refractivity contribution >= 4 is 18.2 Å². The molecule has 0 aliphatic heterocycles. The van der Waals surface area contributed by atoms with Crippen LogP contribution in [-0.4, -0.2) is 24.2 Å². The van der Waals surface area contributed by atoms with Gasteiger partial charge in [0.15, 0.2) is 0 Å². The molecule has 0 fully saturated rings. The third kappa shape index (κ3) is 4.91. The highest BCUT2D eigenvalue weighted by molar-refractivity contribution is 5.92. The molecule has 5 nitrogen and oxygen atoms in total. The van der Waals surface area contributed by atoms with Crippen molar-refractivity contribution in [2.45, 2.75) is 0 Å². The smallest absolute Gasteiger partial charge is 0.264 e. The van der Waals surface area contributed by atoms with Crippen molar-refractivity contribution < 1.29 is 9.53 Å². The van der Waals surface area contributed by atoms with Crippen molar-refractivity contribution in [2.75, 3.05) is 7.11 Å². The lowest BCUT2D eigenvalue weighted by molar-refractivity contribution is -0.116. The summed E-state index contributed by atoms with van der Waals surface area (Å²) in [4.78, 5) is 15.5. The first-order valence-corrected chi connectivity index (χ1v) is 6.33. The number of ether oxygens (including phenoxy) is 1. The maximum Gasteiger partial charge on any atom is 0.264 e. The molecule has 1 amide bonds. The number of hydrogen-bond acceptors (Lipinski definition) is 4. The van der Waals surface area contributed by atoms with E-state index in [1.807, 2.05) is 30.3 Å². The molecule has 0 radical (unpaired) electrons. The Morgan fingerprint density at radius 2 is 2.05 bits per heavy atom. The second kappa shape index (κ2) is 7.59. The zero-order valence-electron chi connectivity index (χ0n) is 11.6. The van der Waals surface area contributed by atoms with Gasteiger partial charge in [0.1, 0.15) is 5.75 Å². The highest BCUT2D eigenvalue weighted by Crippen LogP contribution is 2.12. The molecule has 0 saturated heterocycles. The highest BCUT2D eigenvalue weighted by Gasteiger charge is 1.94. The summed E-state index contributed by atoms with van der Waals surface area (Å²) >= 11 is 0. The Hall–Kier alpha value is -2.95. The van der Waals surface area contributed by atoms with E-state index in [1.54, 1.807) is 31.6 Å². The van der Waals surface area contributed by atoms with Gasteiger partial charge in [-0.05, 0) is 29.8 Å². The van der Waals surface area contributed by atoms with Crippen LogP contribution in [0.25, 0.3) is 6.08 Å². The molecule has 2 aromatic rings. The van der Waals surface area contributed by atoms with Gasteiger partial charge < -0.3 is 4.74 Å². The zero-order valence-corrected chi connectivity index (χ0v) is 11.6. The number of nitrogens with zero attached hydrogens (tertiary/aromatic N) is 2. The second-order valence-electron chi connectivity index (χ2n) is 4.13. The summed E-state index contributed by atoms with van der Waals surface area (Å²) in [6.07, 6.45) is 7.99. The Morgan fingerprint density at radius 3 is 2.71 bits per heavy atom. The van der Waals surface area contributed by atoms with E-state index in [1.165, 1.54) is 12.3 Å². The molecule has 0 spiro atoms. The van der Waals surface area contributed by atoms with Crippen molar-refractivity contribution in [2.24, 2.45) is 5.10 Å². The molecule has 0 atom stereocenters. The average molecular weight is 281 g/mol. The number of amides is 1. The van der Waals surface area contributed by atoms with Gasteiger partial charge in [0, 0.05) is 24.0 Å². The molecule has 1 N–H and O–H groups in total. The van der Waals surface area contributed by atoms with Gasteiger partial charge in [0.25, 0.3) is 5.91 Å². The van der Waals surface area contributed by atoms with Gasteiger partial charge in [-0.3, -0.25) is 9.78 Å². The quantitative estimate of drug-likeness (QED) is 0.519. The monoisotopic (exact) mass is 281 g/mol. The van der Waals surface area contributed by atoms with E-state index >= 15 is 0 Å². The van der Waals surface area contributed by atoms with Crippen molar-refractivity contribution in [1.82, 2.24) is 10.4 Å². The maximum atomic E-state index is 11.6. The minimum Gasteiger partial charge on any atom is -0.497 e. The van der Waals surface area contributed by atoms with Gasteiger partial charge in [0.2, 0.25) is 0 Å². The topological polar surface area (TPSA) is 63.6 Å². The molecule has 0 aliphatic rings. The van der Waals surface area contributed by atoms with Gasteiger partial charge in [-0.25, -0.2) is 5.43 Å². The molecular formula is C16H15N3O2. The Morgan fingerprint density at radius 1 is 1.24 bits per heavy atom. The van der Waals surface area contributed by atoms with Crippen LogP contribution in [0, 0.1) is 0 Å². The van der Waals surface area contributed by atoms with Gasteiger partial charge >= 0.3 is 0 Å². The predicted molar refractivity (Wildman–Crippen MR) is 82.0 cm³/mol. The Bertz CT molecular complexity index is 634. The van der Waals surface area contributed by atoms with Crippen LogP contribution in [0.15, 0.2) is 60.0 Å². The van der Waals surface area contributed by atoms with E-state index < -0.39 is 0 Å². The van der Waals surface area contributed by atoms with E-state index in [-0.39, 0.29) is 5.91 Å². The molecule has 2 rings (SSSR count). The van der Waals surface area contributed by atoms with Crippen LogP contribution >= 0.6 is 0 Å². The molecule has 21 heavy (non-hydrogen) atoms. The Balaban J connectivity index is 1.86. The standard InChI is InChI=1S/C16H15N3O2/c1-21-15-7-4-13(5-8-15)6-9-16(20)19-18-12-14-3-2-10-17-11-14/h2-12H,1H3,(H,19,20)/b9-6+,18-12-. The predicted octanol–water partition coefficient (Wildman–Crippen LogP) is 2.25. The molecule has 1 heterocycles. The first-order valence-electron chi connectivity index (χ1n) is 6.33. The fraction of sp³-hybridized carbons (Fsp3) is 0.0625. The number of rotatable bonds is 5. The number of nitrogens with one attached hydrogen (secondary N) is 1. The highest BCUT2D eigenvalue weighted by atomic mass is 16.5. The van der Waals surface area contributed by atoms with Gasteiger partial charge in [-0.1, -0.05) is 18.2 Å². The molecule has 1 aromatic heterocycles. The average Bonchev–Trinajstić information content (AvgIpc) is 2.54. The van der Waals surface area contributed by atoms with Gasteiger partial charge in [-0.2, -0.15) is 5.10 Å². The first-order chi connectivity index (χ1) is 10.3. The molecule has 0 saturated carbocycles. The summed E-state index contributed by atoms with van der Waals surface area (Å²) in [7, 11) is 1.61. The Labute approximate surface area is 123 Å². The van der Waals surface area contributed by atoms with Crippen molar-refractivity contribution in [3.8, 4) is 5.75 Å². The van der Waals surface area contributed by atoms with Crippen LogP contribution in [0.1, 0.15) is 11.1 Å². The minimum absolute atomic E-state index is 0.300.